The number of aromatic nitrogens is 4. The van der Waals surface area contributed by atoms with E-state index < -0.39 is 29.2 Å². The largest absolute Gasteiger partial charge is 0.414 e. The Bertz CT molecular complexity index is 2800. The summed E-state index contributed by atoms with van der Waals surface area (Å²) < 4.78 is 61.6. The van der Waals surface area contributed by atoms with Crippen LogP contribution in [-0.4, -0.2) is 31.0 Å². The summed E-state index contributed by atoms with van der Waals surface area (Å²) in [5, 5.41) is 14.2. The molecule has 0 saturated carbocycles. The highest BCUT2D eigenvalue weighted by Crippen LogP contribution is 2.20. The number of amides is 2. The van der Waals surface area contributed by atoms with Crippen LogP contribution >= 0.6 is 11.3 Å². The fourth-order valence-corrected chi connectivity index (χ4v) is 7.16. The third-order valence-corrected chi connectivity index (χ3v) is 10.5. The zero-order chi connectivity index (χ0) is 42.5. The Kier molecular flexibility index (Phi) is 12.1. The highest BCUT2D eigenvalue weighted by molar-refractivity contribution is 7.19. The van der Waals surface area contributed by atoms with Gasteiger partial charge in [-0.1, -0.05) is 84.1 Å². The second kappa shape index (κ2) is 17.7. The lowest BCUT2D eigenvalue weighted by atomic mass is 10.0. The zero-order valence-corrected chi connectivity index (χ0v) is 32.8. The number of fused-ring (bicyclic) bond motifs is 2. The summed E-state index contributed by atoms with van der Waals surface area (Å²) >= 11 is 1.13. The molecule has 0 aliphatic rings. The van der Waals surface area contributed by atoms with E-state index in [0.29, 0.717) is 45.7 Å². The van der Waals surface area contributed by atoms with Crippen molar-refractivity contribution in [3.05, 3.63) is 209 Å². The van der Waals surface area contributed by atoms with Crippen LogP contribution in [0.25, 0.3) is 10.5 Å². The van der Waals surface area contributed by atoms with Gasteiger partial charge in [0.15, 0.2) is 34.1 Å². The van der Waals surface area contributed by atoms with Gasteiger partial charge in [-0.05, 0) is 60.4 Å². The molecule has 8 rings (SSSR count). The maximum atomic E-state index is 13.5. The summed E-state index contributed by atoms with van der Waals surface area (Å²) in [5.74, 6) is -4.87. The van der Waals surface area contributed by atoms with Gasteiger partial charge in [0.25, 0.3) is 5.91 Å². The van der Waals surface area contributed by atoms with Crippen molar-refractivity contribution < 1.29 is 31.6 Å². The van der Waals surface area contributed by atoms with Gasteiger partial charge in [0.05, 0.1) is 5.56 Å². The molecule has 0 spiro atoms. The lowest BCUT2D eigenvalue weighted by Gasteiger charge is -2.05. The molecule has 60 heavy (non-hydrogen) atoms. The molecule has 304 valence electrons. The Morgan fingerprint density at radius 1 is 0.617 bits per heavy atom. The number of carbonyl (C=O) groups excluding carboxylic acids is 2. The van der Waals surface area contributed by atoms with Crippen LogP contribution < -0.4 is 21.5 Å². The number of aryl methyl sites for hydroxylation is 2. The lowest BCUT2D eigenvalue weighted by molar-refractivity contribution is 0.0916. The van der Waals surface area contributed by atoms with Crippen molar-refractivity contribution >= 4 is 33.7 Å². The standard InChI is InChI=1S/C22H17F2N3O3.C22H17F2N3O2S/c2*1-13-19(28)16(9-15-7-8-17(23)18(24)10-15)12-27-22(13)30-21(26-27)20(29)25-11-14-5-3-2-4-6-14/h2*2-8,10,12H,9,11H2,1H3,(H,25,29). The molecular weight excluding hydrogens is 801 g/mol. The third kappa shape index (κ3) is 9.23. The minimum absolute atomic E-state index is 0.0855. The Hall–Kier alpha value is -7.20. The normalized spacial score (nSPS) is 11.0. The van der Waals surface area contributed by atoms with Crippen molar-refractivity contribution in [2.45, 2.75) is 39.8 Å². The molecule has 0 saturated heterocycles. The Labute approximate surface area is 342 Å². The molecule has 16 heteroatoms. The molecule has 2 amide bonds. The first-order valence-electron chi connectivity index (χ1n) is 18.4. The van der Waals surface area contributed by atoms with Gasteiger partial charge >= 0.3 is 11.8 Å². The second-order valence-corrected chi connectivity index (χ2v) is 14.7. The van der Waals surface area contributed by atoms with E-state index >= 15 is 0 Å². The topological polar surface area (TPSA) is 140 Å². The lowest BCUT2D eigenvalue weighted by Crippen LogP contribution is -2.23. The van der Waals surface area contributed by atoms with Gasteiger partial charge in [-0.3, -0.25) is 19.2 Å². The van der Waals surface area contributed by atoms with Gasteiger partial charge < -0.3 is 15.1 Å². The van der Waals surface area contributed by atoms with Crippen molar-refractivity contribution in [2.75, 3.05) is 0 Å². The molecule has 0 bridgehead atoms. The van der Waals surface area contributed by atoms with E-state index in [1.807, 2.05) is 60.7 Å². The van der Waals surface area contributed by atoms with Crippen LogP contribution in [-0.2, 0) is 25.9 Å². The van der Waals surface area contributed by atoms with E-state index in [1.54, 1.807) is 13.8 Å². The average molecular weight is 835 g/mol. The van der Waals surface area contributed by atoms with Crippen molar-refractivity contribution in [3.8, 4) is 0 Å². The number of hydrogen-bond acceptors (Lipinski definition) is 8. The number of hydrogen-bond donors (Lipinski definition) is 2. The van der Waals surface area contributed by atoms with E-state index in [-0.39, 0.29) is 51.8 Å². The van der Waals surface area contributed by atoms with Gasteiger partial charge in [-0.25, -0.2) is 26.6 Å². The molecule has 4 aromatic heterocycles. The van der Waals surface area contributed by atoms with E-state index in [1.165, 1.54) is 33.6 Å². The predicted octanol–water partition coefficient (Wildman–Crippen LogP) is 7.26. The first kappa shape index (κ1) is 41.0. The number of nitrogens with zero attached hydrogens (tertiary/aromatic N) is 4. The summed E-state index contributed by atoms with van der Waals surface area (Å²) in [5.41, 5.74) is 3.85. The van der Waals surface area contributed by atoms with Gasteiger partial charge in [-0.15, -0.1) is 5.10 Å². The summed E-state index contributed by atoms with van der Waals surface area (Å²) in [7, 11) is 0. The molecule has 8 aromatic rings. The Morgan fingerprint density at radius 2 is 1.12 bits per heavy atom. The number of rotatable bonds is 10. The van der Waals surface area contributed by atoms with Gasteiger partial charge in [0.1, 0.15) is 4.83 Å². The number of benzene rings is 4. The summed E-state index contributed by atoms with van der Waals surface area (Å²) in [6, 6.07) is 25.9. The first-order chi connectivity index (χ1) is 28.8. The van der Waals surface area contributed by atoms with Crippen molar-refractivity contribution in [1.29, 1.82) is 0 Å². The quantitative estimate of drug-likeness (QED) is 0.138. The van der Waals surface area contributed by atoms with Crippen molar-refractivity contribution in [3.63, 3.8) is 0 Å². The molecule has 0 aliphatic heterocycles. The minimum atomic E-state index is -0.982. The molecule has 4 heterocycles. The highest BCUT2D eigenvalue weighted by atomic mass is 32.1. The van der Waals surface area contributed by atoms with Crippen molar-refractivity contribution in [1.82, 2.24) is 29.9 Å². The predicted molar refractivity (Wildman–Crippen MR) is 216 cm³/mol. The smallest absolute Gasteiger partial charge is 0.309 e. The number of halogens is 4. The maximum Gasteiger partial charge on any atom is 0.309 e. The fourth-order valence-electron chi connectivity index (χ4n) is 6.25. The second-order valence-electron chi connectivity index (χ2n) is 13.7. The van der Waals surface area contributed by atoms with E-state index in [2.05, 4.69) is 20.8 Å². The summed E-state index contributed by atoms with van der Waals surface area (Å²) in [6.07, 6.45) is 3.19. The fraction of sp³-hybridized carbons (Fsp3) is 0.136. The summed E-state index contributed by atoms with van der Waals surface area (Å²) in [6.45, 7) is 3.89. The van der Waals surface area contributed by atoms with Crippen LogP contribution in [0, 0.1) is 37.1 Å². The van der Waals surface area contributed by atoms with E-state index in [0.717, 1.165) is 46.7 Å². The molecule has 2 N–H and O–H groups in total. The molecule has 0 fully saturated rings. The molecule has 0 radical (unpaired) electrons. The molecule has 0 atom stereocenters. The molecule has 0 unspecified atom stereocenters. The van der Waals surface area contributed by atoms with Crippen LogP contribution in [0.3, 0.4) is 0 Å². The van der Waals surface area contributed by atoms with Gasteiger partial charge in [0.2, 0.25) is 10.7 Å². The minimum Gasteiger partial charge on any atom is -0.414 e. The van der Waals surface area contributed by atoms with Crippen LogP contribution in [0.2, 0.25) is 0 Å². The van der Waals surface area contributed by atoms with Crippen LogP contribution in [0.5, 0.6) is 0 Å². The monoisotopic (exact) mass is 834 g/mol. The number of carbonyl (C=O) groups is 2. The Balaban J connectivity index is 0.000000181. The van der Waals surface area contributed by atoms with Crippen LogP contribution in [0.4, 0.5) is 17.6 Å². The van der Waals surface area contributed by atoms with Crippen LogP contribution in [0.15, 0.2) is 123 Å². The third-order valence-electron chi connectivity index (χ3n) is 9.40. The maximum absolute atomic E-state index is 13.5. The molecule has 11 nitrogen and oxygen atoms in total. The molecular formula is C44H34F4N6O5S. The first-order valence-corrected chi connectivity index (χ1v) is 19.2. The number of nitrogens with one attached hydrogen (secondary N) is 2. The molecule has 4 aromatic carbocycles. The van der Waals surface area contributed by atoms with Gasteiger partial charge in [0, 0.05) is 55.0 Å². The van der Waals surface area contributed by atoms with Crippen LogP contribution in [0.1, 0.15) is 65.0 Å². The van der Waals surface area contributed by atoms with Crippen molar-refractivity contribution in [2.24, 2.45) is 0 Å². The van der Waals surface area contributed by atoms with E-state index in [9.17, 15) is 36.7 Å². The molecule has 0 aliphatic carbocycles. The van der Waals surface area contributed by atoms with E-state index in [4.69, 9.17) is 4.42 Å². The SMILES string of the molecule is Cc1c(=O)c(Cc2ccc(F)c(F)c2)cn2nc(C(=O)NCc3ccccc3)oc12.Cc1c(=O)c(Cc2ccc(F)c(F)c2)cn2nc(C(=O)NCc3ccccc3)sc12. The van der Waals surface area contributed by atoms with Gasteiger partial charge in [-0.2, -0.15) is 5.10 Å². The number of pyridine rings is 2. The zero-order valence-electron chi connectivity index (χ0n) is 32.0. The highest BCUT2D eigenvalue weighted by Gasteiger charge is 2.20. The average Bonchev–Trinajstić information content (AvgIpc) is 3.89. The Morgan fingerprint density at radius 3 is 1.65 bits per heavy atom. The summed E-state index contributed by atoms with van der Waals surface area (Å²) in [4.78, 5) is 50.8.